The Balaban J connectivity index is 3.11. The van der Waals surface area contributed by atoms with E-state index in [2.05, 4.69) is 5.32 Å². The third-order valence-corrected chi connectivity index (χ3v) is 3.06. The lowest BCUT2D eigenvalue weighted by molar-refractivity contribution is -0.121. The molecule has 0 radical (unpaired) electrons. The predicted molar refractivity (Wildman–Crippen MR) is 78.2 cm³/mol. The molecule has 0 saturated carbocycles. The number of urea groups is 1. The SMILES string of the molecule is CC(C)C(NC(N)=O)C(=O)N(C)c1ccccc1C(=O)O. The highest BCUT2D eigenvalue weighted by Gasteiger charge is 2.28. The van der Waals surface area contributed by atoms with Gasteiger partial charge in [-0.05, 0) is 18.1 Å². The molecule has 7 nitrogen and oxygen atoms in total. The van der Waals surface area contributed by atoms with Crippen LogP contribution in [0.2, 0.25) is 0 Å². The van der Waals surface area contributed by atoms with Crippen molar-refractivity contribution in [3.8, 4) is 0 Å². The van der Waals surface area contributed by atoms with Gasteiger partial charge in [-0.25, -0.2) is 9.59 Å². The number of rotatable bonds is 5. The molecule has 114 valence electrons. The van der Waals surface area contributed by atoms with Crippen LogP contribution in [0.1, 0.15) is 24.2 Å². The highest BCUT2D eigenvalue weighted by molar-refractivity contribution is 6.04. The number of carbonyl (C=O) groups is 3. The molecule has 1 aromatic carbocycles. The monoisotopic (exact) mass is 293 g/mol. The summed E-state index contributed by atoms with van der Waals surface area (Å²) in [5, 5.41) is 11.5. The second kappa shape index (κ2) is 6.74. The Morgan fingerprint density at radius 3 is 2.29 bits per heavy atom. The zero-order chi connectivity index (χ0) is 16.2. The number of carbonyl (C=O) groups excluding carboxylic acids is 2. The third kappa shape index (κ3) is 3.95. The number of nitrogens with one attached hydrogen (secondary N) is 1. The first-order valence-corrected chi connectivity index (χ1v) is 6.41. The van der Waals surface area contributed by atoms with E-state index in [0.717, 1.165) is 0 Å². The van der Waals surface area contributed by atoms with E-state index in [0.29, 0.717) is 0 Å². The summed E-state index contributed by atoms with van der Waals surface area (Å²) >= 11 is 0. The molecule has 1 rings (SSSR count). The van der Waals surface area contributed by atoms with Crippen LogP contribution in [-0.4, -0.2) is 36.1 Å². The van der Waals surface area contributed by atoms with Gasteiger partial charge in [-0.15, -0.1) is 0 Å². The lowest BCUT2D eigenvalue weighted by Gasteiger charge is -2.27. The van der Waals surface area contributed by atoms with Crippen molar-refractivity contribution >= 4 is 23.6 Å². The van der Waals surface area contributed by atoms with Gasteiger partial charge in [0, 0.05) is 7.05 Å². The molecule has 21 heavy (non-hydrogen) atoms. The van der Waals surface area contributed by atoms with Crippen molar-refractivity contribution in [2.24, 2.45) is 11.7 Å². The number of carboxylic acids is 1. The van der Waals surface area contributed by atoms with Crippen LogP contribution in [0.3, 0.4) is 0 Å². The zero-order valence-corrected chi connectivity index (χ0v) is 12.2. The van der Waals surface area contributed by atoms with E-state index in [4.69, 9.17) is 10.8 Å². The van der Waals surface area contributed by atoms with Gasteiger partial charge in [-0.3, -0.25) is 4.79 Å². The first-order chi connectivity index (χ1) is 9.75. The number of anilines is 1. The molecule has 0 aliphatic carbocycles. The first kappa shape index (κ1) is 16.5. The Morgan fingerprint density at radius 2 is 1.81 bits per heavy atom. The number of likely N-dealkylation sites (N-methyl/N-ethyl adjacent to an activating group) is 1. The van der Waals surface area contributed by atoms with Gasteiger partial charge in [-0.2, -0.15) is 0 Å². The van der Waals surface area contributed by atoms with Crippen molar-refractivity contribution in [1.29, 1.82) is 0 Å². The lowest BCUT2D eigenvalue weighted by atomic mass is 10.0. The predicted octanol–water partition coefficient (Wildman–Crippen LogP) is 1.04. The van der Waals surface area contributed by atoms with Crippen molar-refractivity contribution < 1.29 is 19.5 Å². The van der Waals surface area contributed by atoms with Crippen molar-refractivity contribution in [2.45, 2.75) is 19.9 Å². The van der Waals surface area contributed by atoms with Crippen molar-refractivity contribution in [3.05, 3.63) is 29.8 Å². The van der Waals surface area contributed by atoms with E-state index >= 15 is 0 Å². The van der Waals surface area contributed by atoms with Crippen LogP contribution in [-0.2, 0) is 4.79 Å². The maximum atomic E-state index is 12.5. The average molecular weight is 293 g/mol. The van der Waals surface area contributed by atoms with Crippen LogP contribution < -0.4 is 16.0 Å². The second-order valence-corrected chi connectivity index (χ2v) is 4.95. The zero-order valence-electron chi connectivity index (χ0n) is 12.2. The van der Waals surface area contributed by atoms with E-state index in [9.17, 15) is 14.4 Å². The van der Waals surface area contributed by atoms with Crippen LogP contribution >= 0.6 is 0 Å². The fourth-order valence-corrected chi connectivity index (χ4v) is 1.94. The van der Waals surface area contributed by atoms with Crippen LogP contribution in [0.15, 0.2) is 24.3 Å². The molecule has 1 unspecified atom stereocenters. The molecule has 1 aromatic rings. The van der Waals surface area contributed by atoms with E-state index in [1.165, 1.54) is 24.1 Å². The Labute approximate surface area is 122 Å². The van der Waals surface area contributed by atoms with Crippen LogP contribution in [0.5, 0.6) is 0 Å². The Kier molecular flexibility index (Phi) is 5.29. The van der Waals surface area contributed by atoms with Gasteiger partial charge in [0.1, 0.15) is 6.04 Å². The number of carboxylic acid groups (broad SMARTS) is 1. The molecule has 4 N–H and O–H groups in total. The summed E-state index contributed by atoms with van der Waals surface area (Å²) in [5.41, 5.74) is 5.34. The van der Waals surface area contributed by atoms with Gasteiger partial charge in [0.25, 0.3) is 0 Å². The Bertz CT molecular complexity index is 557. The molecule has 0 aliphatic heterocycles. The topological polar surface area (TPSA) is 113 Å². The third-order valence-electron chi connectivity index (χ3n) is 3.06. The average Bonchev–Trinajstić information content (AvgIpc) is 2.42. The Morgan fingerprint density at radius 1 is 1.24 bits per heavy atom. The number of nitrogens with zero attached hydrogens (tertiary/aromatic N) is 1. The van der Waals surface area contributed by atoms with Gasteiger partial charge in [0.05, 0.1) is 11.3 Å². The number of hydrogen-bond acceptors (Lipinski definition) is 3. The van der Waals surface area contributed by atoms with Gasteiger partial charge in [0.2, 0.25) is 5.91 Å². The maximum absolute atomic E-state index is 12.5. The smallest absolute Gasteiger partial charge is 0.337 e. The second-order valence-electron chi connectivity index (χ2n) is 4.95. The van der Waals surface area contributed by atoms with Crippen molar-refractivity contribution in [3.63, 3.8) is 0 Å². The Hall–Kier alpha value is -2.57. The molecule has 0 bridgehead atoms. The number of aromatic carboxylic acids is 1. The fraction of sp³-hybridized carbons (Fsp3) is 0.357. The van der Waals surface area contributed by atoms with Crippen molar-refractivity contribution in [1.82, 2.24) is 5.32 Å². The molecular formula is C14H19N3O4. The maximum Gasteiger partial charge on any atom is 0.337 e. The summed E-state index contributed by atoms with van der Waals surface area (Å²) in [5.74, 6) is -1.75. The fourth-order valence-electron chi connectivity index (χ4n) is 1.94. The quantitative estimate of drug-likeness (QED) is 0.752. The van der Waals surface area contributed by atoms with Gasteiger partial charge in [-0.1, -0.05) is 26.0 Å². The number of para-hydroxylation sites is 1. The number of primary amides is 1. The number of amides is 3. The minimum atomic E-state index is -1.13. The summed E-state index contributed by atoms with van der Waals surface area (Å²) in [6, 6.07) is 4.53. The summed E-state index contributed by atoms with van der Waals surface area (Å²) in [6.45, 7) is 3.52. The van der Waals surface area contributed by atoms with Crippen LogP contribution in [0.25, 0.3) is 0 Å². The molecule has 0 heterocycles. The molecule has 3 amide bonds. The van der Waals surface area contributed by atoms with E-state index in [-0.39, 0.29) is 17.2 Å². The highest BCUT2D eigenvalue weighted by atomic mass is 16.4. The van der Waals surface area contributed by atoms with Gasteiger partial charge < -0.3 is 21.1 Å². The molecule has 0 saturated heterocycles. The summed E-state index contributed by atoms with van der Waals surface area (Å²) in [7, 11) is 1.46. The van der Waals surface area contributed by atoms with Gasteiger partial charge >= 0.3 is 12.0 Å². The minimum absolute atomic E-state index is 0.00920. The first-order valence-electron chi connectivity index (χ1n) is 6.41. The largest absolute Gasteiger partial charge is 0.478 e. The van der Waals surface area contributed by atoms with Crippen molar-refractivity contribution in [2.75, 3.05) is 11.9 Å². The summed E-state index contributed by atoms with van der Waals surface area (Å²) < 4.78 is 0. The molecular weight excluding hydrogens is 274 g/mol. The highest BCUT2D eigenvalue weighted by Crippen LogP contribution is 2.21. The molecule has 0 aromatic heterocycles. The summed E-state index contributed by atoms with van der Waals surface area (Å²) in [4.78, 5) is 35.9. The normalized spacial score (nSPS) is 11.8. The molecule has 0 fully saturated rings. The molecule has 0 aliphatic rings. The molecule has 0 spiro atoms. The number of nitrogens with two attached hydrogens (primary N) is 1. The van der Waals surface area contributed by atoms with E-state index < -0.39 is 23.9 Å². The minimum Gasteiger partial charge on any atom is -0.478 e. The van der Waals surface area contributed by atoms with E-state index in [1.807, 2.05) is 0 Å². The van der Waals surface area contributed by atoms with Crippen LogP contribution in [0, 0.1) is 5.92 Å². The number of hydrogen-bond donors (Lipinski definition) is 3. The lowest BCUT2D eigenvalue weighted by Crippen LogP contribution is -2.52. The summed E-state index contributed by atoms with van der Waals surface area (Å²) in [6.07, 6.45) is 0. The number of benzene rings is 1. The van der Waals surface area contributed by atoms with E-state index in [1.54, 1.807) is 26.0 Å². The molecule has 1 atom stereocenters. The molecule has 7 heteroatoms. The standard InChI is InChI=1S/C14H19N3O4/c1-8(2)11(16-14(15)21)12(18)17(3)10-7-5-4-6-9(10)13(19)20/h4-8,11H,1-3H3,(H,19,20)(H3,15,16,21). The van der Waals surface area contributed by atoms with Gasteiger partial charge in [0.15, 0.2) is 0 Å². The van der Waals surface area contributed by atoms with Crippen LogP contribution in [0.4, 0.5) is 10.5 Å².